The van der Waals surface area contributed by atoms with Crippen LogP contribution in [-0.4, -0.2) is 46.3 Å². The monoisotopic (exact) mass is 565 g/mol. The quantitative estimate of drug-likeness (QED) is 0.166. The number of aliphatic imine (C=N–C) groups is 1. The Balaban J connectivity index is 0.00000480. The summed E-state index contributed by atoms with van der Waals surface area (Å²) < 4.78 is 37.5. The van der Waals surface area contributed by atoms with Crippen LogP contribution in [-0.2, 0) is 27.8 Å². The molecule has 0 amide bonds. The third kappa shape index (κ3) is 9.13. The second-order valence-electron chi connectivity index (χ2n) is 6.96. The average Bonchev–Trinajstić information content (AvgIpc) is 3.20. The summed E-state index contributed by atoms with van der Waals surface area (Å²) >= 11 is 0. The number of aromatic nitrogens is 1. The van der Waals surface area contributed by atoms with Gasteiger partial charge in [0.2, 0.25) is 10.0 Å². The second kappa shape index (κ2) is 13.7. The second-order valence-corrected chi connectivity index (χ2v) is 8.73. The van der Waals surface area contributed by atoms with Gasteiger partial charge in [-0.25, -0.2) is 18.1 Å². The van der Waals surface area contributed by atoms with E-state index in [1.54, 1.807) is 18.2 Å². The first-order chi connectivity index (χ1) is 14.4. The minimum absolute atomic E-state index is 0. The van der Waals surface area contributed by atoms with Crippen LogP contribution in [0.15, 0.2) is 44.7 Å². The standard InChI is InChI=1S/C20H31N5O4S.HI/c1-5-21-20(23-14-17-12-19(15(2)3)25-29-17)22-13-16-7-6-8-18(11-16)30(26,27)24-9-10-28-4;/h6-8,11-12,15,24H,5,9-10,13-14H2,1-4H3,(H2,21,22,23);1H. The predicted molar refractivity (Wildman–Crippen MR) is 131 cm³/mol. The number of benzene rings is 1. The van der Waals surface area contributed by atoms with Gasteiger partial charge in [-0.1, -0.05) is 31.1 Å². The van der Waals surface area contributed by atoms with E-state index in [-0.39, 0.29) is 35.4 Å². The molecule has 0 unspecified atom stereocenters. The van der Waals surface area contributed by atoms with Crippen molar-refractivity contribution < 1.29 is 17.7 Å². The van der Waals surface area contributed by atoms with Crippen LogP contribution >= 0.6 is 24.0 Å². The maximum Gasteiger partial charge on any atom is 0.240 e. The summed E-state index contributed by atoms with van der Waals surface area (Å²) in [4.78, 5) is 4.74. The molecule has 3 N–H and O–H groups in total. The van der Waals surface area contributed by atoms with E-state index in [2.05, 4.69) is 39.4 Å². The number of methoxy groups -OCH3 is 1. The van der Waals surface area contributed by atoms with E-state index in [1.165, 1.54) is 7.11 Å². The average molecular weight is 565 g/mol. The molecule has 0 atom stereocenters. The van der Waals surface area contributed by atoms with Crippen molar-refractivity contribution in [3.63, 3.8) is 0 Å². The van der Waals surface area contributed by atoms with Crippen molar-refractivity contribution >= 4 is 40.0 Å². The highest BCUT2D eigenvalue weighted by Crippen LogP contribution is 2.14. The number of ether oxygens (including phenoxy) is 1. The van der Waals surface area contributed by atoms with E-state index in [4.69, 9.17) is 9.26 Å². The van der Waals surface area contributed by atoms with Gasteiger partial charge in [0, 0.05) is 26.3 Å². The van der Waals surface area contributed by atoms with Gasteiger partial charge in [-0.2, -0.15) is 0 Å². The zero-order chi connectivity index (χ0) is 22.0. The summed E-state index contributed by atoms with van der Waals surface area (Å²) in [5.74, 6) is 1.63. The fourth-order valence-corrected chi connectivity index (χ4v) is 3.62. The molecule has 0 radical (unpaired) electrons. The Bertz CT molecular complexity index is 931. The summed E-state index contributed by atoms with van der Waals surface area (Å²) in [6, 6.07) is 8.65. The zero-order valence-electron chi connectivity index (χ0n) is 18.3. The van der Waals surface area contributed by atoms with Crippen molar-refractivity contribution in [2.45, 2.75) is 44.7 Å². The Kier molecular flexibility index (Phi) is 12.0. The molecule has 0 aliphatic carbocycles. The molecule has 2 rings (SSSR count). The SMILES string of the molecule is CCNC(=NCc1cccc(S(=O)(=O)NCCOC)c1)NCc1cc(C(C)C)no1.I. The predicted octanol–water partition coefficient (Wildman–Crippen LogP) is 2.60. The maximum atomic E-state index is 12.4. The van der Waals surface area contributed by atoms with Crippen LogP contribution < -0.4 is 15.4 Å². The molecule has 1 heterocycles. The lowest BCUT2D eigenvalue weighted by Crippen LogP contribution is -2.36. The molecule has 31 heavy (non-hydrogen) atoms. The van der Waals surface area contributed by atoms with Gasteiger partial charge in [0.05, 0.1) is 30.3 Å². The van der Waals surface area contributed by atoms with Crippen molar-refractivity contribution in [2.24, 2.45) is 4.99 Å². The lowest BCUT2D eigenvalue weighted by atomic mass is 10.1. The van der Waals surface area contributed by atoms with Gasteiger partial charge >= 0.3 is 0 Å². The Labute approximate surface area is 201 Å². The molecule has 11 heteroatoms. The molecule has 0 spiro atoms. The van der Waals surface area contributed by atoms with Crippen LogP contribution in [0, 0.1) is 0 Å². The van der Waals surface area contributed by atoms with Gasteiger partial charge < -0.3 is 19.9 Å². The summed E-state index contributed by atoms with van der Waals surface area (Å²) in [5, 5.41) is 10.4. The highest BCUT2D eigenvalue weighted by molar-refractivity contribution is 14.0. The lowest BCUT2D eigenvalue weighted by molar-refractivity contribution is 0.204. The van der Waals surface area contributed by atoms with Gasteiger partial charge in [-0.05, 0) is 30.5 Å². The van der Waals surface area contributed by atoms with Crippen molar-refractivity contribution in [1.29, 1.82) is 0 Å². The van der Waals surface area contributed by atoms with Gasteiger partial charge in [0.25, 0.3) is 0 Å². The van der Waals surface area contributed by atoms with Crippen molar-refractivity contribution in [1.82, 2.24) is 20.5 Å². The van der Waals surface area contributed by atoms with Crippen LogP contribution in [0.5, 0.6) is 0 Å². The number of nitrogens with zero attached hydrogens (tertiary/aromatic N) is 2. The molecule has 174 valence electrons. The van der Waals surface area contributed by atoms with Crippen LogP contribution in [0.4, 0.5) is 0 Å². The molecule has 0 saturated carbocycles. The molecule has 0 bridgehead atoms. The number of hydrogen-bond acceptors (Lipinski definition) is 6. The maximum absolute atomic E-state index is 12.4. The fourth-order valence-electron chi connectivity index (χ4n) is 2.54. The van der Waals surface area contributed by atoms with E-state index in [0.717, 1.165) is 17.0 Å². The topological polar surface area (TPSA) is 118 Å². The molecule has 0 fully saturated rings. The van der Waals surface area contributed by atoms with Crippen LogP contribution in [0.3, 0.4) is 0 Å². The highest BCUT2D eigenvalue weighted by atomic mass is 127. The Hall–Kier alpha value is -1.70. The lowest BCUT2D eigenvalue weighted by Gasteiger charge is -2.10. The van der Waals surface area contributed by atoms with Crippen molar-refractivity contribution in [2.75, 3.05) is 26.8 Å². The van der Waals surface area contributed by atoms with Gasteiger partial charge in [0.1, 0.15) is 0 Å². The first-order valence-corrected chi connectivity index (χ1v) is 11.4. The third-order valence-corrected chi connectivity index (χ3v) is 5.63. The Morgan fingerprint density at radius 2 is 2.03 bits per heavy atom. The van der Waals surface area contributed by atoms with E-state index >= 15 is 0 Å². The van der Waals surface area contributed by atoms with Crippen LogP contribution in [0.25, 0.3) is 0 Å². The number of rotatable bonds is 11. The Morgan fingerprint density at radius 1 is 1.26 bits per heavy atom. The summed E-state index contributed by atoms with van der Waals surface area (Å²) in [7, 11) is -2.06. The molecular formula is C20H32IN5O4S. The number of sulfonamides is 1. The van der Waals surface area contributed by atoms with E-state index in [0.29, 0.717) is 38.1 Å². The van der Waals surface area contributed by atoms with Gasteiger partial charge in [0.15, 0.2) is 11.7 Å². The summed E-state index contributed by atoms with van der Waals surface area (Å²) in [6.45, 7) is 8.08. The minimum Gasteiger partial charge on any atom is -0.383 e. The minimum atomic E-state index is -3.58. The first-order valence-electron chi connectivity index (χ1n) is 9.91. The van der Waals surface area contributed by atoms with Crippen LogP contribution in [0.2, 0.25) is 0 Å². The summed E-state index contributed by atoms with van der Waals surface area (Å²) in [5.41, 5.74) is 1.69. The van der Waals surface area contributed by atoms with E-state index < -0.39 is 10.0 Å². The largest absolute Gasteiger partial charge is 0.383 e. The van der Waals surface area contributed by atoms with E-state index in [9.17, 15) is 8.42 Å². The molecule has 1 aromatic heterocycles. The third-order valence-electron chi connectivity index (χ3n) is 4.17. The molecule has 1 aromatic carbocycles. The summed E-state index contributed by atoms with van der Waals surface area (Å²) in [6.07, 6.45) is 0. The number of halogens is 1. The van der Waals surface area contributed by atoms with Gasteiger partial charge in [-0.3, -0.25) is 0 Å². The number of nitrogens with one attached hydrogen (secondary N) is 3. The Morgan fingerprint density at radius 3 is 2.68 bits per heavy atom. The van der Waals surface area contributed by atoms with Crippen LogP contribution in [0.1, 0.15) is 43.7 Å². The highest BCUT2D eigenvalue weighted by Gasteiger charge is 2.13. The van der Waals surface area contributed by atoms with E-state index in [1.807, 2.05) is 19.1 Å². The van der Waals surface area contributed by atoms with Crippen molar-refractivity contribution in [3.05, 3.63) is 47.3 Å². The molecule has 0 aliphatic rings. The molecule has 0 aliphatic heterocycles. The molecule has 9 nitrogen and oxygen atoms in total. The first kappa shape index (κ1) is 27.3. The number of hydrogen-bond donors (Lipinski definition) is 3. The molecular weight excluding hydrogens is 533 g/mol. The smallest absolute Gasteiger partial charge is 0.240 e. The van der Waals surface area contributed by atoms with Gasteiger partial charge in [-0.15, -0.1) is 24.0 Å². The molecule has 2 aromatic rings. The molecule has 0 saturated heterocycles. The fraction of sp³-hybridized carbons (Fsp3) is 0.500. The number of guanidine groups is 1. The zero-order valence-corrected chi connectivity index (χ0v) is 21.5. The normalized spacial score (nSPS) is 12.0. The van der Waals surface area contributed by atoms with Crippen molar-refractivity contribution in [3.8, 4) is 0 Å².